The van der Waals surface area contributed by atoms with Crippen LogP contribution in [-0.4, -0.2) is 76.5 Å². The number of aliphatic hydroxyl groups is 4. The fourth-order valence-electron chi connectivity index (χ4n) is 1.74. The van der Waals surface area contributed by atoms with Crippen LogP contribution in [0.3, 0.4) is 0 Å². The highest BCUT2D eigenvalue weighted by molar-refractivity contribution is 7.90. The van der Waals surface area contributed by atoms with E-state index in [2.05, 4.69) is 0 Å². The maximum Gasteiger partial charge on any atom is 0.335 e. The lowest BCUT2D eigenvalue weighted by Crippen LogP contribution is -2.48. The van der Waals surface area contributed by atoms with Crippen LogP contribution in [0.4, 0.5) is 0 Å². The SMILES string of the molecule is O=C1NS(=O)(=O)c2ccccc21.O=C[C@H](O)[C@@H](O)[C@@H](O)[C@H](O)C(=O)O. The first kappa shape index (κ1) is 20.7. The van der Waals surface area contributed by atoms with Gasteiger partial charge in [0.15, 0.2) is 12.4 Å². The van der Waals surface area contributed by atoms with Crippen LogP contribution < -0.4 is 4.72 Å². The summed E-state index contributed by atoms with van der Waals surface area (Å²) in [6.07, 6.45) is -8.39. The average Bonchev–Trinajstić information content (AvgIpc) is 2.82. The van der Waals surface area contributed by atoms with Crippen LogP contribution in [0, 0.1) is 0 Å². The summed E-state index contributed by atoms with van der Waals surface area (Å²) in [6.45, 7) is 0. The molecule has 12 heteroatoms. The standard InChI is InChI=1S/C7H5NO3S.C6H10O7/c9-7-5-3-1-2-4-6(5)12(10,11)8-7;7-1-2(8)3(9)4(10)5(11)6(12)13/h1-4H,(H,8,9);1-5,8-11H,(H,12,13)/t;2-,3+,4+,5-/m.0/s1. The van der Waals surface area contributed by atoms with E-state index in [0.29, 0.717) is 0 Å². The summed E-state index contributed by atoms with van der Waals surface area (Å²) in [6, 6.07) is 6.09. The molecule has 1 heterocycles. The van der Waals surface area contributed by atoms with Gasteiger partial charge in [-0.2, -0.15) is 0 Å². The van der Waals surface area contributed by atoms with E-state index in [0.717, 1.165) is 0 Å². The highest BCUT2D eigenvalue weighted by Gasteiger charge is 2.34. The number of aliphatic carboxylic acids is 1. The molecule has 0 fully saturated rings. The molecule has 0 aliphatic carbocycles. The molecule has 0 bridgehead atoms. The first-order valence-electron chi connectivity index (χ1n) is 6.59. The van der Waals surface area contributed by atoms with E-state index in [-0.39, 0.29) is 16.7 Å². The van der Waals surface area contributed by atoms with Crippen molar-refractivity contribution in [2.24, 2.45) is 0 Å². The van der Waals surface area contributed by atoms with Crippen molar-refractivity contribution in [1.29, 1.82) is 0 Å². The predicted octanol–water partition coefficient (Wildman–Crippen LogP) is -3.17. The number of aliphatic hydroxyl groups excluding tert-OH is 4. The first-order valence-corrected chi connectivity index (χ1v) is 8.07. The van der Waals surface area contributed by atoms with Gasteiger partial charge in [-0.1, -0.05) is 12.1 Å². The number of hydrogen-bond acceptors (Lipinski definition) is 9. The van der Waals surface area contributed by atoms with Crippen LogP contribution in [0.2, 0.25) is 0 Å². The molecule has 1 amide bonds. The molecule has 0 unspecified atom stereocenters. The number of amides is 1. The summed E-state index contributed by atoms with van der Waals surface area (Å²) in [5.41, 5.74) is 0.220. The number of fused-ring (bicyclic) bond motifs is 1. The Bertz CT molecular complexity index is 762. The zero-order valence-corrected chi connectivity index (χ0v) is 13.2. The molecule has 11 nitrogen and oxygen atoms in total. The van der Waals surface area contributed by atoms with Crippen LogP contribution in [0.25, 0.3) is 0 Å². The quantitative estimate of drug-likeness (QED) is 0.284. The van der Waals surface area contributed by atoms with Gasteiger partial charge in [-0.15, -0.1) is 0 Å². The molecule has 1 aromatic carbocycles. The number of carbonyl (C=O) groups excluding carboxylic acids is 2. The van der Waals surface area contributed by atoms with E-state index < -0.39 is 46.3 Å². The van der Waals surface area contributed by atoms with Gasteiger partial charge >= 0.3 is 5.97 Å². The Kier molecular flexibility index (Phi) is 6.72. The monoisotopic (exact) mass is 377 g/mol. The number of benzene rings is 1. The third kappa shape index (κ3) is 4.80. The molecule has 0 saturated carbocycles. The highest BCUT2D eigenvalue weighted by Crippen LogP contribution is 2.20. The number of nitrogens with one attached hydrogen (secondary N) is 1. The van der Waals surface area contributed by atoms with Crippen molar-refractivity contribution < 1.29 is 48.3 Å². The number of sulfonamides is 1. The summed E-state index contributed by atoms with van der Waals surface area (Å²) in [5.74, 6) is -2.31. The summed E-state index contributed by atoms with van der Waals surface area (Å²) >= 11 is 0. The third-order valence-corrected chi connectivity index (χ3v) is 4.45. The normalized spacial score (nSPS) is 19.3. The van der Waals surface area contributed by atoms with Crippen LogP contribution in [0.5, 0.6) is 0 Å². The molecule has 6 N–H and O–H groups in total. The Balaban J connectivity index is 0.000000250. The Hall–Kier alpha value is -2.38. The van der Waals surface area contributed by atoms with Gasteiger partial charge in [0, 0.05) is 0 Å². The number of carboxylic acid groups (broad SMARTS) is 1. The van der Waals surface area contributed by atoms with E-state index >= 15 is 0 Å². The van der Waals surface area contributed by atoms with E-state index in [9.17, 15) is 22.8 Å². The minimum atomic E-state index is -3.55. The third-order valence-electron chi connectivity index (χ3n) is 3.06. The molecular formula is C13H15NO10S. The van der Waals surface area contributed by atoms with Crippen LogP contribution in [0.15, 0.2) is 29.2 Å². The summed E-state index contributed by atoms with van der Waals surface area (Å²) in [7, 11) is -3.55. The van der Waals surface area contributed by atoms with Crippen LogP contribution >= 0.6 is 0 Å². The van der Waals surface area contributed by atoms with Crippen molar-refractivity contribution in [2.75, 3.05) is 0 Å². The molecule has 0 spiro atoms. The lowest BCUT2D eigenvalue weighted by atomic mass is 10.0. The van der Waals surface area contributed by atoms with E-state index in [1.165, 1.54) is 12.1 Å². The molecule has 4 atom stereocenters. The van der Waals surface area contributed by atoms with Gasteiger partial charge in [0.2, 0.25) is 0 Å². The minimum absolute atomic E-state index is 0.0648. The molecule has 2 rings (SSSR count). The topological polar surface area (TPSA) is 199 Å². The average molecular weight is 377 g/mol. The molecule has 1 aliphatic rings. The fraction of sp³-hybridized carbons (Fsp3) is 0.308. The summed E-state index contributed by atoms with van der Waals surface area (Å²) in [4.78, 5) is 31.0. The Labute approximate surface area is 141 Å². The second-order valence-electron chi connectivity index (χ2n) is 4.82. The van der Waals surface area contributed by atoms with Gasteiger partial charge in [0.25, 0.3) is 15.9 Å². The van der Waals surface area contributed by atoms with Gasteiger partial charge in [-0.05, 0) is 12.1 Å². The van der Waals surface area contributed by atoms with E-state index in [4.69, 9.17) is 25.5 Å². The maximum atomic E-state index is 11.1. The van der Waals surface area contributed by atoms with Gasteiger partial charge < -0.3 is 30.3 Å². The Morgan fingerprint density at radius 3 is 2.12 bits per heavy atom. The smallest absolute Gasteiger partial charge is 0.335 e. The molecule has 138 valence electrons. The number of carboxylic acids is 1. The molecule has 0 saturated heterocycles. The number of carbonyl (C=O) groups is 3. The molecule has 1 aromatic rings. The molecule has 0 aromatic heterocycles. The molecular weight excluding hydrogens is 362 g/mol. The van der Waals surface area contributed by atoms with Gasteiger partial charge in [0.1, 0.15) is 23.2 Å². The number of hydrogen-bond donors (Lipinski definition) is 6. The zero-order valence-electron chi connectivity index (χ0n) is 12.4. The first-order chi connectivity index (χ1) is 11.5. The maximum absolute atomic E-state index is 11.1. The lowest BCUT2D eigenvalue weighted by Gasteiger charge is -2.21. The van der Waals surface area contributed by atoms with Gasteiger partial charge in [-0.25, -0.2) is 17.9 Å². The Morgan fingerprint density at radius 2 is 1.64 bits per heavy atom. The number of aldehydes is 1. The molecule has 1 aliphatic heterocycles. The van der Waals surface area contributed by atoms with Crippen molar-refractivity contribution >= 4 is 28.2 Å². The lowest BCUT2D eigenvalue weighted by molar-refractivity contribution is -0.163. The summed E-state index contributed by atoms with van der Waals surface area (Å²) in [5, 5.41) is 43.2. The van der Waals surface area contributed by atoms with Gasteiger partial charge in [-0.3, -0.25) is 4.79 Å². The minimum Gasteiger partial charge on any atom is -0.479 e. The van der Waals surface area contributed by atoms with Crippen LogP contribution in [0.1, 0.15) is 10.4 Å². The number of rotatable bonds is 5. The van der Waals surface area contributed by atoms with Crippen molar-refractivity contribution in [3.63, 3.8) is 0 Å². The highest BCUT2D eigenvalue weighted by atomic mass is 32.2. The van der Waals surface area contributed by atoms with Crippen molar-refractivity contribution in [3.8, 4) is 0 Å². The van der Waals surface area contributed by atoms with Gasteiger partial charge in [0.05, 0.1) is 5.56 Å². The second-order valence-corrected chi connectivity index (χ2v) is 6.47. The van der Waals surface area contributed by atoms with Crippen molar-refractivity contribution in [3.05, 3.63) is 29.8 Å². The summed E-state index contributed by atoms with van der Waals surface area (Å²) < 4.78 is 24.2. The largest absolute Gasteiger partial charge is 0.479 e. The van der Waals surface area contributed by atoms with E-state index in [1.54, 1.807) is 12.1 Å². The van der Waals surface area contributed by atoms with E-state index in [1.807, 2.05) is 4.72 Å². The predicted molar refractivity (Wildman–Crippen MR) is 78.8 cm³/mol. The second kappa shape index (κ2) is 8.13. The molecule has 0 radical (unpaired) electrons. The Morgan fingerprint density at radius 1 is 1.08 bits per heavy atom. The fourth-order valence-corrected chi connectivity index (χ4v) is 2.91. The zero-order chi connectivity index (χ0) is 19.4. The molecule has 25 heavy (non-hydrogen) atoms. The van der Waals surface area contributed by atoms with Crippen molar-refractivity contribution in [2.45, 2.75) is 29.3 Å². The van der Waals surface area contributed by atoms with Crippen LogP contribution in [-0.2, 0) is 19.6 Å². The van der Waals surface area contributed by atoms with Crippen molar-refractivity contribution in [1.82, 2.24) is 4.72 Å².